The van der Waals surface area contributed by atoms with Crippen LogP contribution in [0.25, 0.3) is 16.3 Å². The number of hydrogen-bond acceptors (Lipinski definition) is 4. The average Bonchev–Trinajstić information content (AvgIpc) is 2.86. The molecule has 0 saturated heterocycles. The van der Waals surface area contributed by atoms with Crippen LogP contribution in [0.2, 0.25) is 0 Å². The van der Waals surface area contributed by atoms with Crippen LogP contribution in [0.15, 0.2) is 35.8 Å². The third kappa shape index (κ3) is 1.28. The molecule has 0 spiro atoms. The summed E-state index contributed by atoms with van der Waals surface area (Å²) in [4.78, 5) is 5.27. The van der Waals surface area contributed by atoms with Gasteiger partial charge < -0.3 is 5.11 Å². The topological polar surface area (TPSA) is 50.4 Å². The van der Waals surface area contributed by atoms with Crippen LogP contribution < -0.4 is 0 Å². The minimum absolute atomic E-state index is 0.146. The lowest BCUT2D eigenvalue weighted by atomic mass is 10.4. The normalized spacial score (nSPS) is 10.9. The number of nitrogens with zero attached hydrogens (tertiary/aromatic N) is 3. The average molecular weight is 217 g/mol. The molecule has 0 aliphatic heterocycles. The highest BCUT2D eigenvalue weighted by atomic mass is 32.1. The standard InChI is InChI=1S/C10H7N3OS/c14-7-3-1-5-13-10(7)11-9(12-13)8-4-2-6-15-8/h1-6,14H. The molecule has 1 N–H and O–H groups in total. The van der Waals surface area contributed by atoms with Crippen molar-refractivity contribution in [1.82, 2.24) is 14.6 Å². The van der Waals surface area contributed by atoms with Gasteiger partial charge in [-0.3, -0.25) is 0 Å². The van der Waals surface area contributed by atoms with Crippen molar-refractivity contribution in [2.24, 2.45) is 0 Å². The second-order valence-electron chi connectivity index (χ2n) is 3.07. The van der Waals surface area contributed by atoms with Gasteiger partial charge in [0.1, 0.15) is 0 Å². The molecular weight excluding hydrogens is 210 g/mol. The van der Waals surface area contributed by atoms with E-state index in [0.717, 1.165) is 4.88 Å². The van der Waals surface area contributed by atoms with Crippen LogP contribution in [-0.4, -0.2) is 19.7 Å². The lowest BCUT2D eigenvalue weighted by molar-refractivity contribution is 0.477. The van der Waals surface area contributed by atoms with Gasteiger partial charge in [-0.1, -0.05) is 6.07 Å². The van der Waals surface area contributed by atoms with Gasteiger partial charge in [0.25, 0.3) is 0 Å². The predicted molar refractivity (Wildman–Crippen MR) is 58.0 cm³/mol. The molecule has 3 aromatic rings. The first-order valence-corrected chi connectivity index (χ1v) is 5.31. The molecule has 0 aromatic carbocycles. The Morgan fingerprint density at radius 2 is 2.20 bits per heavy atom. The monoisotopic (exact) mass is 217 g/mol. The summed E-state index contributed by atoms with van der Waals surface area (Å²) in [5.41, 5.74) is 0.487. The number of hydrogen-bond donors (Lipinski definition) is 1. The van der Waals surface area contributed by atoms with Crippen molar-refractivity contribution < 1.29 is 5.11 Å². The largest absolute Gasteiger partial charge is 0.504 e. The van der Waals surface area contributed by atoms with Crippen molar-refractivity contribution in [3.05, 3.63) is 35.8 Å². The first-order chi connectivity index (χ1) is 7.34. The van der Waals surface area contributed by atoms with E-state index < -0.39 is 0 Å². The van der Waals surface area contributed by atoms with Crippen molar-refractivity contribution in [2.75, 3.05) is 0 Å². The third-order valence-corrected chi connectivity index (χ3v) is 2.95. The molecule has 15 heavy (non-hydrogen) atoms. The minimum Gasteiger partial charge on any atom is -0.504 e. The molecule has 0 atom stereocenters. The van der Waals surface area contributed by atoms with Crippen LogP contribution in [0.3, 0.4) is 0 Å². The first-order valence-electron chi connectivity index (χ1n) is 4.43. The van der Waals surface area contributed by atoms with Gasteiger partial charge in [0, 0.05) is 6.20 Å². The van der Waals surface area contributed by atoms with Gasteiger partial charge in [-0.25, -0.2) is 9.50 Å². The van der Waals surface area contributed by atoms with E-state index in [-0.39, 0.29) is 5.75 Å². The second-order valence-corrected chi connectivity index (χ2v) is 4.02. The molecule has 0 amide bonds. The lowest BCUT2D eigenvalue weighted by Gasteiger charge is -1.91. The SMILES string of the molecule is Oc1cccn2nc(-c3cccs3)nc12. The summed E-state index contributed by atoms with van der Waals surface area (Å²) in [5, 5.41) is 15.8. The summed E-state index contributed by atoms with van der Waals surface area (Å²) >= 11 is 1.58. The Morgan fingerprint density at radius 1 is 1.27 bits per heavy atom. The summed E-state index contributed by atoms with van der Waals surface area (Å²) in [6.07, 6.45) is 1.76. The minimum atomic E-state index is 0.146. The highest BCUT2D eigenvalue weighted by Crippen LogP contribution is 2.24. The van der Waals surface area contributed by atoms with Gasteiger partial charge in [-0.05, 0) is 23.6 Å². The first kappa shape index (κ1) is 8.43. The molecule has 0 aliphatic carbocycles. The molecule has 3 rings (SSSR count). The highest BCUT2D eigenvalue weighted by molar-refractivity contribution is 7.13. The molecule has 0 radical (unpaired) electrons. The number of rotatable bonds is 1. The summed E-state index contributed by atoms with van der Waals surface area (Å²) in [7, 11) is 0. The van der Waals surface area contributed by atoms with Gasteiger partial charge in [0.2, 0.25) is 0 Å². The summed E-state index contributed by atoms with van der Waals surface area (Å²) in [5.74, 6) is 0.791. The highest BCUT2D eigenvalue weighted by Gasteiger charge is 2.08. The van der Waals surface area contributed by atoms with Gasteiger partial charge in [-0.2, -0.15) is 0 Å². The molecule has 5 heteroatoms. The third-order valence-electron chi connectivity index (χ3n) is 2.08. The van der Waals surface area contributed by atoms with Gasteiger partial charge in [0.15, 0.2) is 17.2 Å². The van der Waals surface area contributed by atoms with Crippen molar-refractivity contribution >= 4 is 17.0 Å². The molecule has 0 bridgehead atoms. The summed E-state index contributed by atoms with van der Waals surface area (Å²) < 4.78 is 1.57. The van der Waals surface area contributed by atoms with E-state index in [1.807, 2.05) is 17.5 Å². The van der Waals surface area contributed by atoms with E-state index in [4.69, 9.17) is 0 Å². The smallest absolute Gasteiger partial charge is 0.198 e. The summed E-state index contributed by atoms with van der Waals surface area (Å²) in [6, 6.07) is 7.24. The van der Waals surface area contributed by atoms with E-state index in [2.05, 4.69) is 10.1 Å². The molecular formula is C10H7N3OS. The van der Waals surface area contributed by atoms with E-state index in [1.165, 1.54) is 0 Å². The maximum Gasteiger partial charge on any atom is 0.198 e. The number of aromatic nitrogens is 3. The van der Waals surface area contributed by atoms with Crippen molar-refractivity contribution in [3.63, 3.8) is 0 Å². The number of pyridine rings is 1. The van der Waals surface area contributed by atoms with Crippen LogP contribution >= 0.6 is 11.3 Å². The number of aromatic hydroxyl groups is 1. The Kier molecular flexibility index (Phi) is 1.72. The van der Waals surface area contributed by atoms with Crippen LogP contribution in [0.5, 0.6) is 5.75 Å². The van der Waals surface area contributed by atoms with Crippen LogP contribution in [0, 0.1) is 0 Å². The fourth-order valence-corrected chi connectivity index (χ4v) is 2.06. The van der Waals surface area contributed by atoms with Crippen LogP contribution in [0.4, 0.5) is 0 Å². The van der Waals surface area contributed by atoms with E-state index in [1.54, 1.807) is 34.2 Å². The molecule has 4 nitrogen and oxygen atoms in total. The predicted octanol–water partition coefficient (Wildman–Crippen LogP) is 2.16. The fourth-order valence-electron chi connectivity index (χ4n) is 1.40. The number of thiophene rings is 1. The fraction of sp³-hybridized carbons (Fsp3) is 0. The Morgan fingerprint density at radius 3 is 2.93 bits per heavy atom. The van der Waals surface area contributed by atoms with Crippen molar-refractivity contribution in [3.8, 4) is 16.5 Å². The second kappa shape index (κ2) is 3.06. The summed E-state index contributed by atoms with van der Waals surface area (Å²) in [6.45, 7) is 0. The Bertz CT molecular complexity index is 600. The molecule has 0 unspecified atom stereocenters. The molecule has 0 aliphatic rings. The van der Waals surface area contributed by atoms with Crippen molar-refractivity contribution in [2.45, 2.75) is 0 Å². The number of fused-ring (bicyclic) bond motifs is 1. The lowest BCUT2D eigenvalue weighted by Crippen LogP contribution is -1.84. The molecule has 0 saturated carbocycles. The van der Waals surface area contributed by atoms with Gasteiger partial charge in [0.05, 0.1) is 4.88 Å². The van der Waals surface area contributed by atoms with E-state index in [0.29, 0.717) is 11.5 Å². The zero-order valence-electron chi connectivity index (χ0n) is 7.66. The van der Waals surface area contributed by atoms with Crippen LogP contribution in [-0.2, 0) is 0 Å². The molecule has 74 valence electrons. The maximum atomic E-state index is 9.56. The molecule has 3 heterocycles. The Hall–Kier alpha value is -1.88. The van der Waals surface area contributed by atoms with E-state index >= 15 is 0 Å². The van der Waals surface area contributed by atoms with Crippen LogP contribution in [0.1, 0.15) is 0 Å². The zero-order chi connectivity index (χ0) is 10.3. The molecule has 0 fully saturated rings. The molecule has 3 aromatic heterocycles. The maximum absolute atomic E-state index is 9.56. The van der Waals surface area contributed by atoms with E-state index in [9.17, 15) is 5.11 Å². The Balaban J connectivity index is 2.27. The van der Waals surface area contributed by atoms with Gasteiger partial charge in [-0.15, -0.1) is 16.4 Å². The van der Waals surface area contributed by atoms with Crippen molar-refractivity contribution in [1.29, 1.82) is 0 Å². The van der Waals surface area contributed by atoms with Gasteiger partial charge >= 0.3 is 0 Å². The quantitative estimate of drug-likeness (QED) is 0.679. The zero-order valence-corrected chi connectivity index (χ0v) is 8.48. The Labute approximate surface area is 89.4 Å².